The minimum absolute atomic E-state index is 0.00313. The molecule has 13 N–H and O–H groups in total. The van der Waals surface area contributed by atoms with Gasteiger partial charge in [0.1, 0.15) is 24.2 Å². The van der Waals surface area contributed by atoms with Gasteiger partial charge in [-0.1, -0.05) is 60.7 Å². The molecule has 0 spiro atoms. The molecule has 5 atom stereocenters. The molecule has 0 radical (unpaired) electrons. The zero-order valence-corrected chi connectivity index (χ0v) is 27.0. The zero-order chi connectivity index (χ0) is 37.2. The first-order chi connectivity index (χ1) is 23.7. The molecule has 0 aliphatic rings. The van der Waals surface area contributed by atoms with Gasteiger partial charge in [-0.05, 0) is 17.5 Å². The van der Waals surface area contributed by atoms with Crippen molar-refractivity contribution in [2.24, 2.45) is 5.73 Å². The molecule has 2 aromatic rings. The van der Waals surface area contributed by atoms with Crippen LogP contribution in [0.2, 0.25) is 0 Å². The highest BCUT2D eigenvalue weighted by Crippen LogP contribution is 2.07. The maximum Gasteiger partial charge on any atom is 0.328 e. The van der Waals surface area contributed by atoms with Crippen molar-refractivity contribution in [2.45, 2.75) is 62.3 Å². The van der Waals surface area contributed by atoms with E-state index in [4.69, 9.17) is 5.73 Å². The number of carbonyl (C=O) groups is 8. The van der Waals surface area contributed by atoms with E-state index in [0.717, 1.165) is 0 Å². The molecule has 0 aromatic heterocycles. The van der Waals surface area contributed by atoms with Gasteiger partial charge in [0, 0.05) is 19.3 Å². The second-order valence-corrected chi connectivity index (χ2v) is 11.2. The van der Waals surface area contributed by atoms with Crippen LogP contribution in [0, 0.1) is 0 Å². The summed E-state index contributed by atoms with van der Waals surface area (Å²) in [4.78, 5) is 99.0. The van der Waals surface area contributed by atoms with Crippen LogP contribution in [0.5, 0.6) is 0 Å². The standard InChI is InChI=1S/C32H41N7O11/c33-20(15-25(34)41)28(45)37-22(13-18-7-3-1-4-8-18)29(46)35-16-26(42)36-21(11-12-27(43)44)30(47)38-23(14-19-9-5-2-6-10-19)31(48)39-24(17-40)32(49)50/h1-10,20-24,40H,11-17,33H2,(H2,34,41)(H,35,46)(H,36,42)(H,37,45)(H,38,47)(H,39,48)(H,43,44)(H,49,50)/p+1/t20-,21-,22-,23-,24-/m0/s1. The van der Waals surface area contributed by atoms with Crippen LogP contribution in [0.15, 0.2) is 60.7 Å². The molecule has 0 saturated heterocycles. The highest BCUT2D eigenvalue weighted by molar-refractivity contribution is 5.96. The predicted molar refractivity (Wildman–Crippen MR) is 173 cm³/mol. The van der Waals surface area contributed by atoms with E-state index >= 15 is 0 Å². The van der Waals surface area contributed by atoms with Crippen LogP contribution in [0.4, 0.5) is 0 Å². The molecule has 270 valence electrons. The van der Waals surface area contributed by atoms with E-state index in [1.54, 1.807) is 60.7 Å². The molecule has 0 aliphatic heterocycles. The summed E-state index contributed by atoms with van der Waals surface area (Å²) in [7, 11) is 0. The quantitative estimate of drug-likeness (QED) is 0.0598. The molecule has 18 nitrogen and oxygen atoms in total. The van der Waals surface area contributed by atoms with Gasteiger partial charge in [0.2, 0.25) is 29.5 Å². The SMILES string of the molecule is NC(=O)C[C@H]([NH3+])C(=O)N[C@@H](Cc1ccccc1)C(=O)NCC(=O)N[C@@H](CCC(=O)O)C(=O)N[C@@H](Cc1ccccc1)C(=O)N[C@@H](CO)C(=O)O. The first kappa shape index (κ1) is 40.3. The summed E-state index contributed by atoms with van der Waals surface area (Å²) >= 11 is 0. The van der Waals surface area contributed by atoms with Gasteiger partial charge in [-0.3, -0.25) is 33.6 Å². The predicted octanol–water partition coefficient (Wildman–Crippen LogP) is -4.05. The highest BCUT2D eigenvalue weighted by atomic mass is 16.4. The summed E-state index contributed by atoms with van der Waals surface area (Å²) in [6.45, 7) is -1.65. The van der Waals surface area contributed by atoms with E-state index < -0.39 is 104 Å². The summed E-state index contributed by atoms with van der Waals surface area (Å²) in [5.41, 5.74) is 9.94. The lowest BCUT2D eigenvalue weighted by Crippen LogP contribution is -2.69. The Kier molecular flexibility index (Phi) is 16.5. The van der Waals surface area contributed by atoms with Crippen LogP contribution in [-0.2, 0) is 51.2 Å². The molecule has 50 heavy (non-hydrogen) atoms. The van der Waals surface area contributed by atoms with Crippen molar-refractivity contribution in [1.82, 2.24) is 26.6 Å². The summed E-state index contributed by atoms with van der Waals surface area (Å²) in [5, 5.41) is 39.5. The number of carboxylic acids is 2. The number of aliphatic hydroxyl groups excluding tert-OH is 1. The van der Waals surface area contributed by atoms with Gasteiger partial charge in [0.15, 0.2) is 6.04 Å². The third-order valence-corrected chi connectivity index (χ3v) is 7.17. The van der Waals surface area contributed by atoms with Gasteiger partial charge in [-0.25, -0.2) is 4.79 Å². The molecule has 0 saturated carbocycles. The average molecular weight is 701 g/mol. The number of amides is 6. The van der Waals surface area contributed by atoms with Crippen LogP contribution >= 0.6 is 0 Å². The fourth-order valence-corrected chi connectivity index (χ4v) is 4.55. The third-order valence-electron chi connectivity index (χ3n) is 7.17. The lowest BCUT2D eigenvalue weighted by molar-refractivity contribution is -0.402. The van der Waals surface area contributed by atoms with Gasteiger partial charge in [0.05, 0.1) is 19.6 Å². The largest absolute Gasteiger partial charge is 0.481 e. The molecular formula is C32H42N7O11+. The molecule has 0 aliphatic carbocycles. The Morgan fingerprint density at radius 1 is 0.660 bits per heavy atom. The van der Waals surface area contributed by atoms with Gasteiger partial charge >= 0.3 is 11.9 Å². The van der Waals surface area contributed by atoms with Gasteiger partial charge in [-0.15, -0.1) is 0 Å². The van der Waals surface area contributed by atoms with E-state index in [9.17, 15) is 53.7 Å². The van der Waals surface area contributed by atoms with Gasteiger partial charge < -0.3 is 53.4 Å². The van der Waals surface area contributed by atoms with Crippen LogP contribution < -0.4 is 38.1 Å². The van der Waals surface area contributed by atoms with Crippen LogP contribution in [-0.4, -0.2) is 106 Å². The number of carboxylic acid groups (broad SMARTS) is 2. The number of primary amides is 1. The lowest BCUT2D eigenvalue weighted by Gasteiger charge is -2.24. The first-order valence-corrected chi connectivity index (χ1v) is 15.4. The second-order valence-electron chi connectivity index (χ2n) is 11.2. The minimum Gasteiger partial charge on any atom is -0.481 e. The molecule has 0 unspecified atom stereocenters. The summed E-state index contributed by atoms with van der Waals surface area (Å²) in [6.07, 6.45) is -1.51. The number of nitrogens with one attached hydrogen (secondary N) is 5. The fraction of sp³-hybridized carbons (Fsp3) is 0.375. The molecule has 18 heteroatoms. The molecule has 0 heterocycles. The molecule has 2 rings (SSSR count). The number of hydrogen-bond acceptors (Lipinski definition) is 9. The van der Waals surface area contributed by atoms with E-state index in [2.05, 4.69) is 32.3 Å². The van der Waals surface area contributed by atoms with Crippen LogP contribution in [0.3, 0.4) is 0 Å². The van der Waals surface area contributed by atoms with E-state index in [-0.39, 0.29) is 19.3 Å². The molecule has 2 aromatic carbocycles. The van der Waals surface area contributed by atoms with Crippen molar-refractivity contribution < 1.29 is 59.4 Å². The fourth-order valence-electron chi connectivity index (χ4n) is 4.55. The average Bonchev–Trinajstić information content (AvgIpc) is 3.07. The van der Waals surface area contributed by atoms with Crippen molar-refractivity contribution >= 4 is 47.4 Å². The normalized spacial score (nSPS) is 13.6. The molecular weight excluding hydrogens is 658 g/mol. The number of aliphatic carboxylic acids is 2. The summed E-state index contributed by atoms with van der Waals surface area (Å²) < 4.78 is 0. The summed E-state index contributed by atoms with van der Waals surface area (Å²) in [6, 6.07) is 9.98. The maximum atomic E-state index is 13.4. The number of nitrogens with two attached hydrogens (primary N) is 1. The van der Waals surface area contributed by atoms with Crippen LogP contribution in [0.25, 0.3) is 0 Å². The Morgan fingerprint density at radius 2 is 1.14 bits per heavy atom. The molecule has 0 bridgehead atoms. The van der Waals surface area contributed by atoms with Gasteiger partial charge in [0.25, 0.3) is 5.91 Å². The van der Waals surface area contributed by atoms with Crippen molar-refractivity contribution in [1.29, 1.82) is 0 Å². The Labute approximate surface area is 286 Å². The monoisotopic (exact) mass is 700 g/mol. The Morgan fingerprint density at radius 3 is 1.62 bits per heavy atom. The smallest absolute Gasteiger partial charge is 0.328 e. The number of rotatable bonds is 21. The Hall–Kier alpha value is -5.88. The van der Waals surface area contributed by atoms with E-state index in [1.165, 1.54) is 0 Å². The maximum absolute atomic E-state index is 13.4. The molecule has 0 fully saturated rings. The summed E-state index contributed by atoms with van der Waals surface area (Å²) in [5.74, 6) is -8.01. The number of benzene rings is 2. The Bertz CT molecular complexity index is 1510. The number of carbonyl (C=O) groups excluding carboxylic acids is 6. The van der Waals surface area contributed by atoms with E-state index in [1.807, 2.05) is 0 Å². The van der Waals surface area contributed by atoms with E-state index in [0.29, 0.717) is 11.1 Å². The second kappa shape index (κ2) is 20.5. The zero-order valence-electron chi connectivity index (χ0n) is 27.0. The number of aliphatic hydroxyl groups is 1. The number of quaternary nitrogens is 1. The topological polar surface area (TPSA) is 311 Å². The van der Waals surface area contributed by atoms with Crippen molar-refractivity contribution in [3.8, 4) is 0 Å². The number of hydrogen-bond donors (Lipinski definition) is 10. The van der Waals surface area contributed by atoms with Crippen molar-refractivity contribution in [2.75, 3.05) is 13.2 Å². The Balaban J connectivity index is 2.18. The van der Waals surface area contributed by atoms with Crippen molar-refractivity contribution in [3.63, 3.8) is 0 Å². The van der Waals surface area contributed by atoms with Crippen molar-refractivity contribution in [3.05, 3.63) is 71.8 Å². The third kappa shape index (κ3) is 14.5. The minimum atomic E-state index is -1.68. The first-order valence-electron chi connectivity index (χ1n) is 15.4. The van der Waals surface area contributed by atoms with Gasteiger partial charge in [-0.2, -0.15) is 0 Å². The van der Waals surface area contributed by atoms with Crippen LogP contribution in [0.1, 0.15) is 30.4 Å². The highest BCUT2D eigenvalue weighted by Gasteiger charge is 2.31. The molecule has 6 amide bonds. The lowest BCUT2D eigenvalue weighted by atomic mass is 10.0.